The molecule has 0 bridgehead atoms. The average molecular weight is 572 g/mol. The van der Waals surface area contributed by atoms with Crippen molar-refractivity contribution in [1.82, 2.24) is 0 Å². The maximum atomic E-state index is 12.1. The number of phenolic OH excluding ortho intramolecular Hbond substituents is 1. The number of alkyl halides is 3. The fraction of sp³-hybridized carbons (Fsp3) is 0.143. The molecule has 0 heterocycles. The number of phenols is 1. The van der Waals surface area contributed by atoms with Crippen LogP contribution in [0.25, 0.3) is 0 Å². The number of aromatic hydroxyl groups is 1. The fourth-order valence-electron chi connectivity index (χ4n) is 1.83. The molecule has 0 aliphatic carbocycles. The number of hydrogen-bond acceptors (Lipinski definition) is 3. The van der Waals surface area contributed by atoms with Gasteiger partial charge in [0.05, 0.1) is 13.2 Å². The summed E-state index contributed by atoms with van der Waals surface area (Å²) in [6.45, 7) is 0. The van der Waals surface area contributed by atoms with Gasteiger partial charge in [0.2, 0.25) is 0 Å². The first-order valence-corrected chi connectivity index (χ1v) is 8.12. The number of rotatable bonds is 3. The number of halogens is 6. The molecule has 0 saturated carbocycles. The summed E-state index contributed by atoms with van der Waals surface area (Å²) in [7, 11) is 0. The molecule has 2 aromatic carbocycles. The van der Waals surface area contributed by atoms with Crippen LogP contribution in [0.15, 0.2) is 36.4 Å². The van der Waals surface area contributed by atoms with Crippen molar-refractivity contribution >= 4 is 57.6 Å². The quantitative estimate of drug-likeness (QED) is 0.512. The molecule has 9 heteroatoms. The Kier molecular flexibility index (Phi) is 7.23. The third-order valence-electron chi connectivity index (χ3n) is 2.87. The lowest BCUT2D eigenvalue weighted by Crippen LogP contribution is -2.17. The predicted octanol–water partition coefficient (Wildman–Crippen LogP) is 4.97. The van der Waals surface area contributed by atoms with Gasteiger partial charge in [-0.05, 0) is 80.6 Å². The van der Waals surface area contributed by atoms with Crippen molar-refractivity contribution in [2.75, 3.05) is 0 Å². The molecule has 126 valence electrons. The lowest BCUT2D eigenvalue weighted by molar-refractivity contribution is -0.274. The van der Waals surface area contributed by atoms with Gasteiger partial charge in [-0.1, -0.05) is 12.1 Å². The minimum Gasteiger partial charge on any atom is -0.506 e. The Balaban J connectivity index is 0.00000264. The maximum absolute atomic E-state index is 12.1. The predicted molar refractivity (Wildman–Crippen MR) is 99.9 cm³/mol. The van der Waals surface area contributed by atoms with Gasteiger partial charge in [-0.2, -0.15) is 0 Å². The van der Waals surface area contributed by atoms with Crippen LogP contribution in [0, 0.1) is 7.14 Å². The molecule has 23 heavy (non-hydrogen) atoms. The first kappa shape index (κ1) is 20.6. The minimum atomic E-state index is -4.72. The van der Waals surface area contributed by atoms with Crippen molar-refractivity contribution in [3.8, 4) is 11.5 Å². The van der Waals surface area contributed by atoms with Crippen molar-refractivity contribution < 1.29 is 23.0 Å². The Morgan fingerprint density at radius 1 is 1.00 bits per heavy atom. The molecular weight excluding hydrogens is 560 g/mol. The van der Waals surface area contributed by atoms with E-state index in [-0.39, 0.29) is 23.9 Å². The van der Waals surface area contributed by atoms with E-state index in [1.54, 1.807) is 12.1 Å². The van der Waals surface area contributed by atoms with Crippen LogP contribution >= 0.6 is 57.6 Å². The molecule has 0 radical (unpaired) electrons. The molecule has 0 spiro atoms. The van der Waals surface area contributed by atoms with E-state index in [0.717, 1.165) is 5.56 Å². The number of benzene rings is 2. The van der Waals surface area contributed by atoms with Crippen LogP contribution < -0.4 is 10.5 Å². The molecule has 0 unspecified atom stereocenters. The Bertz CT molecular complexity index is 658. The Labute approximate surface area is 164 Å². The van der Waals surface area contributed by atoms with Crippen molar-refractivity contribution in [1.29, 1.82) is 0 Å². The summed E-state index contributed by atoms with van der Waals surface area (Å²) in [5.41, 5.74) is 7.54. The van der Waals surface area contributed by atoms with E-state index in [2.05, 4.69) is 4.74 Å². The lowest BCUT2D eigenvalue weighted by atomic mass is 9.99. The van der Waals surface area contributed by atoms with Crippen LogP contribution in [-0.2, 0) is 0 Å². The molecule has 0 amide bonds. The van der Waals surface area contributed by atoms with Gasteiger partial charge >= 0.3 is 6.36 Å². The zero-order chi connectivity index (χ0) is 16.5. The second kappa shape index (κ2) is 8.08. The summed E-state index contributed by atoms with van der Waals surface area (Å²) in [6.07, 6.45) is -4.72. The highest BCUT2D eigenvalue weighted by molar-refractivity contribution is 14.1. The smallest absolute Gasteiger partial charge is 0.506 e. The van der Waals surface area contributed by atoms with E-state index in [9.17, 15) is 18.3 Å². The zero-order valence-corrected chi connectivity index (χ0v) is 16.4. The standard InChI is InChI=1S/C14H10F3I2NO2.ClH/c15-14(16,17)22-9-3-1-7(2-4-9)12(20)8-5-10(18)13(21)11(19)6-8;/h1-6,12,21H,20H2;1H/t12-;/m1./s1. The molecule has 0 saturated heterocycles. The molecule has 0 aliphatic heterocycles. The topological polar surface area (TPSA) is 55.5 Å². The second-order valence-electron chi connectivity index (χ2n) is 4.43. The van der Waals surface area contributed by atoms with E-state index in [1.165, 1.54) is 24.3 Å². The maximum Gasteiger partial charge on any atom is 0.573 e. The fourth-order valence-corrected chi connectivity index (χ4v) is 3.65. The molecule has 3 nitrogen and oxygen atoms in total. The Hall–Kier alpha value is -0.460. The summed E-state index contributed by atoms with van der Waals surface area (Å²) in [6, 6.07) is 8.38. The van der Waals surface area contributed by atoms with Crippen molar-refractivity contribution in [2.45, 2.75) is 12.4 Å². The Morgan fingerprint density at radius 3 is 1.91 bits per heavy atom. The van der Waals surface area contributed by atoms with Crippen LogP contribution in [0.5, 0.6) is 11.5 Å². The number of ether oxygens (including phenoxy) is 1. The lowest BCUT2D eigenvalue weighted by Gasteiger charge is -2.15. The van der Waals surface area contributed by atoms with Crippen LogP contribution in [0.4, 0.5) is 13.2 Å². The molecule has 2 aromatic rings. The van der Waals surface area contributed by atoms with Gasteiger partial charge in [-0.25, -0.2) is 0 Å². The summed E-state index contributed by atoms with van der Waals surface area (Å²) in [5.74, 6) is -0.107. The summed E-state index contributed by atoms with van der Waals surface area (Å²) < 4.78 is 41.5. The summed E-state index contributed by atoms with van der Waals surface area (Å²) in [4.78, 5) is 0. The molecule has 3 N–H and O–H groups in total. The first-order chi connectivity index (χ1) is 10.2. The minimum absolute atomic E-state index is 0. The van der Waals surface area contributed by atoms with Crippen molar-refractivity contribution in [3.05, 3.63) is 54.7 Å². The van der Waals surface area contributed by atoms with E-state index in [0.29, 0.717) is 12.7 Å². The number of hydrogen-bond donors (Lipinski definition) is 2. The zero-order valence-electron chi connectivity index (χ0n) is 11.3. The molecule has 0 fully saturated rings. The van der Waals surface area contributed by atoms with Crippen LogP contribution in [0.3, 0.4) is 0 Å². The van der Waals surface area contributed by atoms with Crippen molar-refractivity contribution in [2.24, 2.45) is 5.73 Å². The van der Waals surface area contributed by atoms with Gasteiger partial charge in [0, 0.05) is 0 Å². The average Bonchev–Trinajstić information content (AvgIpc) is 2.42. The van der Waals surface area contributed by atoms with Gasteiger partial charge in [0.25, 0.3) is 0 Å². The SMILES string of the molecule is Cl.N[C@H](c1ccc(OC(F)(F)F)cc1)c1cc(I)c(O)c(I)c1. The molecular formula is C14H11ClF3I2NO2. The molecule has 1 atom stereocenters. The first-order valence-electron chi connectivity index (χ1n) is 5.96. The van der Waals surface area contributed by atoms with Gasteiger partial charge in [0.1, 0.15) is 11.5 Å². The summed E-state index contributed by atoms with van der Waals surface area (Å²) in [5, 5.41) is 9.75. The molecule has 2 rings (SSSR count). The van der Waals surface area contributed by atoms with Gasteiger partial charge < -0.3 is 15.6 Å². The normalized spacial score (nSPS) is 12.4. The third-order valence-corrected chi connectivity index (χ3v) is 4.52. The van der Waals surface area contributed by atoms with Crippen LogP contribution in [0.1, 0.15) is 17.2 Å². The van der Waals surface area contributed by atoms with Gasteiger partial charge in [0.15, 0.2) is 0 Å². The third kappa shape index (κ3) is 5.54. The van der Waals surface area contributed by atoms with E-state index in [1.807, 2.05) is 45.2 Å². The van der Waals surface area contributed by atoms with Crippen LogP contribution in [0.2, 0.25) is 0 Å². The monoisotopic (exact) mass is 571 g/mol. The molecule has 0 aliphatic rings. The van der Waals surface area contributed by atoms with E-state index in [4.69, 9.17) is 5.73 Å². The molecule has 0 aromatic heterocycles. The van der Waals surface area contributed by atoms with E-state index >= 15 is 0 Å². The van der Waals surface area contributed by atoms with Crippen molar-refractivity contribution in [3.63, 3.8) is 0 Å². The highest BCUT2D eigenvalue weighted by Gasteiger charge is 2.31. The van der Waals surface area contributed by atoms with E-state index < -0.39 is 12.4 Å². The second-order valence-corrected chi connectivity index (χ2v) is 6.75. The largest absolute Gasteiger partial charge is 0.573 e. The summed E-state index contributed by atoms with van der Waals surface area (Å²) >= 11 is 3.99. The van der Waals surface area contributed by atoms with Crippen LogP contribution in [-0.4, -0.2) is 11.5 Å². The highest BCUT2D eigenvalue weighted by Crippen LogP contribution is 2.32. The Morgan fingerprint density at radius 2 is 1.48 bits per heavy atom. The van der Waals surface area contributed by atoms with Gasteiger partial charge in [-0.3, -0.25) is 0 Å². The highest BCUT2D eigenvalue weighted by atomic mass is 127. The number of nitrogens with two attached hydrogens (primary N) is 1. The van der Waals surface area contributed by atoms with Gasteiger partial charge in [-0.15, -0.1) is 25.6 Å².